The quantitative estimate of drug-likeness (QED) is 0.419. The van der Waals surface area contributed by atoms with Gasteiger partial charge in [-0.15, -0.1) is 0 Å². The van der Waals surface area contributed by atoms with E-state index < -0.39 is 10.0 Å². The van der Waals surface area contributed by atoms with Crippen molar-refractivity contribution in [3.63, 3.8) is 0 Å². The summed E-state index contributed by atoms with van der Waals surface area (Å²) in [7, 11) is 1.04. The SMILES string of the molecule is CCOc1cc2c(cc1OC)C(c1ccc(S(=O)(=O)N(C)CCOC)cc1)=NC1CCC(OC(C)=O)CC21. The van der Waals surface area contributed by atoms with E-state index in [1.165, 1.54) is 25.4 Å². The van der Waals surface area contributed by atoms with E-state index in [2.05, 4.69) is 0 Å². The van der Waals surface area contributed by atoms with E-state index in [0.717, 1.165) is 35.2 Å². The van der Waals surface area contributed by atoms with Gasteiger partial charge in [0.05, 0.1) is 37.0 Å². The number of hydrogen-bond acceptors (Lipinski definition) is 8. The number of fused-ring (bicyclic) bond motifs is 3. The Labute approximate surface area is 224 Å². The molecule has 1 aliphatic carbocycles. The molecule has 2 aromatic rings. The molecule has 0 radical (unpaired) electrons. The minimum Gasteiger partial charge on any atom is -0.493 e. The van der Waals surface area contributed by atoms with Crippen molar-refractivity contribution in [2.45, 2.75) is 56.1 Å². The number of rotatable bonds is 10. The predicted octanol–water partition coefficient (Wildman–Crippen LogP) is 3.78. The third-order valence-electron chi connectivity index (χ3n) is 7.13. The van der Waals surface area contributed by atoms with Crippen LogP contribution in [-0.2, 0) is 24.3 Å². The Hall–Kier alpha value is -2.95. The van der Waals surface area contributed by atoms with Crippen LogP contribution < -0.4 is 9.47 Å². The van der Waals surface area contributed by atoms with E-state index in [9.17, 15) is 13.2 Å². The Bertz CT molecular complexity index is 1290. The third kappa shape index (κ3) is 5.72. The van der Waals surface area contributed by atoms with Gasteiger partial charge in [0.15, 0.2) is 11.5 Å². The lowest BCUT2D eigenvalue weighted by atomic mass is 9.74. The molecule has 1 fully saturated rings. The van der Waals surface area contributed by atoms with Crippen molar-refractivity contribution in [3.8, 4) is 11.5 Å². The standard InChI is InChI=1S/C28H36N2O7S/c1-6-36-27-16-22-23-15-20(37-18(2)31)9-12-25(23)29-28(24(22)17-26(27)35-5)19-7-10-21(11-8-19)38(32,33)30(3)13-14-34-4/h7-8,10-11,16-17,20,23,25H,6,9,12-15H2,1-5H3. The van der Waals surface area contributed by atoms with Gasteiger partial charge in [0.1, 0.15) is 6.10 Å². The lowest BCUT2D eigenvalue weighted by Crippen LogP contribution is -2.36. The molecular weight excluding hydrogens is 508 g/mol. The molecule has 38 heavy (non-hydrogen) atoms. The fourth-order valence-electron chi connectivity index (χ4n) is 5.23. The highest BCUT2D eigenvalue weighted by Crippen LogP contribution is 2.45. The van der Waals surface area contributed by atoms with Crippen LogP contribution in [0.15, 0.2) is 46.3 Å². The zero-order valence-corrected chi connectivity index (χ0v) is 23.4. The molecule has 206 valence electrons. The molecule has 10 heteroatoms. The number of ether oxygens (including phenoxy) is 4. The van der Waals surface area contributed by atoms with Crippen LogP contribution in [-0.4, -0.2) is 77.6 Å². The maximum absolute atomic E-state index is 13.0. The zero-order chi connectivity index (χ0) is 27.4. The molecule has 0 saturated heterocycles. The summed E-state index contributed by atoms with van der Waals surface area (Å²) in [4.78, 5) is 17.0. The summed E-state index contributed by atoms with van der Waals surface area (Å²) in [6.07, 6.45) is 2.04. The molecule has 9 nitrogen and oxygen atoms in total. The maximum Gasteiger partial charge on any atom is 0.302 e. The first-order chi connectivity index (χ1) is 18.2. The summed E-state index contributed by atoms with van der Waals surface area (Å²) in [5.74, 6) is 1.04. The largest absolute Gasteiger partial charge is 0.493 e. The number of methoxy groups -OCH3 is 2. The number of carbonyl (C=O) groups is 1. The topological polar surface area (TPSA) is 104 Å². The Morgan fingerprint density at radius 2 is 1.84 bits per heavy atom. The number of nitrogens with zero attached hydrogens (tertiary/aromatic N) is 2. The molecule has 1 aliphatic heterocycles. The summed E-state index contributed by atoms with van der Waals surface area (Å²) in [5.41, 5.74) is 3.57. The minimum atomic E-state index is -3.64. The molecule has 0 spiro atoms. The molecular formula is C28H36N2O7S. The molecule has 2 aliphatic rings. The molecule has 1 heterocycles. The van der Waals surface area contributed by atoms with Crippen LogP contribution in [0.2, 0.25) is 0 Å². The van der Waals surface area contributed by atoms with Crippen molar-refractivity contribution < 1.29 is 32.2 Å². The first-order valence-electron chi connectivity index (χ1n) is 12.8. The Morgan fingerprint density at radius 1 is 1.11 bits per heavy atom. The summed E-state index contributed by atoms with van der Waals surface area (Å²) in [6, 6.07) is 10.8. The Morgan fingerprint density at radius 3 is 2.47 bits per heavy atom. The van der Waals surface area contributed by atoms with E-state index in [1.807, 2.05) is 19.1 Å². The van der Waals surface area contributed by atoms with Gasteiger partial charge in [-0.2, -0.15) is 4.31 Å². The van der Waals surface area contributed by atoms with Crippen molar-refractivity contribution in [3.05, 3.63) is 53.1 Å². The average Bonchev–Trinajstić information content (AvgIpc) is 2.90. The van der Waals surface area contributed by atoms with Crippen LogP contribution in [0.4, 0.5) is 0 Å². The van der Waals surface area contributed by atoms with Crippen molar-refractivity contribution >= 4 is 21.7 Å². The second-order valence-corrected chi connectivity index (χ2v) is 11.6. The lowest BCUT2D eigenvalue weighted by molar-refractivity contribution is -0.148. The number of esters is 1. The fraction of sp³-hybridized carbons (Fsp3) is 0.500. The van der Waals surface area contributed by atoms with Gasteiger partial charge in [0.2, 0.25) is 10.0 Å². The molecule has 1 saturated carbocycles. The molecule has 0 N–H and O–H groups in total. The average molecular weight is 545 g/mol. The van der Waals surface area contributed by atoms with Gasteiger partial charge in [0.25, 0.3) is 0 Å². The molecule has 4 rings (SSSR count). The van der Waals surface area contributed by atoms with E-state index in [1.54, 1.807) is 31.4 Å². The van der Waals surface area contributed by atoms with Crippen molar-refractivity contribution in [2.75, 3.05) is 41.0 Å². The van der Waals surface area contributed by atoms with Gasteiger partial charge in [-0.3, -0.25) is 9.79 Å². The molecule has 0 aromatic heterocycles. The van der Waals surface area contributed by atoms with Gasteiger partial charge in [-0.05, 0) is 56.0 Å². The Balaban J connectivity index is 1.74. The molecule has 0 bridgehead atoms. The normalized spacial score (nSPS) is 20.8. The molecule has 3 unspecified atom stereocenters. The number of hydrogen-bond donors (Lipinski definition) is 0. The molecule has 3 atom stereocenters. The monoisotopic (exact) mass is 544 g/mol. The number of benzene rings is 2. The third-order valence-corrected chi connectivity index (χ3v) is 9.00. The van der Waals surface area contributed by atoms with Gasteiger partial charge < -0.3 is 18.9 Å². The second kappa shape index (κ2) is 11.8. The van der Waals surface area contributed by atoms with Crippen LogP contribution in [0.1, 0.15) is 55.7 Å². The van der Waals surface area contributed by atoms with E-state index in [4.69, 9.17) is 23.9 Å². The summed E-state index contributed by atoms with van der Waals surface area (Å²) in [5, 5.41) is 0. The van der Waals surface area contributed by atoms with Crippen molar-refractivity contribution in [1.82, 2.24) is 4.31 Å². The predicted molar refractivity (Wildman–Crippen MR) is 144 cm³/mol. The van der Waals surface area contributed by atoms with Gasteiger partial charge in [-0.1, -0.05) is 12.1 Å². The van der Waals surface area contributed by atoms with E-state index in [-0.39, 0.29) is 35.5 Å². The van der Waals surface area contributed by atoms with Gasteiger partial charge in [0, 0.05) is 44.7 Å². The summed E-state index contributed by atoms with van der Waals surface area (Å²) >= 11 is 0. The van der Waals surface area contributed by atoms with Gasteiger partial charge >= 0.3 is 5.97 Å². The van der Waals surface area contributed by atoms with E-state index >= 15 is 0 Å². The van der Waals surface area contributed by atoms with Crippen LogP contribution in [0.5, 0.6) is 11.5 Å². The Kier molecular flexibility index (Phi) is 8.74. The minimum absolute atomic E-state index is 0.00997. The van der Waals surface area contributed by atoms with Crippen LogP contribution >= 0.6 is 0 Å². The van der Waals surface area contributed by atoms with E-state index in [0.29, 0.717) is 31.1 Å². The van der Waals surface area contributed by atoms with Crippen LogP contribution in [0, 0.1) is 0 Å². The molecule has 2 aromatic carbocycles. The smallest absolute Gasteiger partial charge is 0.302 e. The highest BCUT2D eigenvalue weighted by molar-refractivity contribution is 7.89. The summed E-state index contributed by atoms with van der Waals surface area (Å²) in [6.45, 7) is 4.44. The second-order valence-electron chi connectivity index (χ2n) is 9.56. The first kappa shape index (κ1) is 28.1. The maximum atomic E-state index is 13.0. The van der Waals surface area contributed by atoms with Crippen LogP contribution in [0.25, 0.3) is 0 Å². The van der Waals surface area contributed by atoms with Gasteiger partial charge in [-0.25, -0.2) is 8.42 Å². The zero-order valence-electron chi connectivity index (χ0n) is 22.6. The number of likely N-dealkylation sites (N-methyl/N-ethyl adjacent to an activating group) is 1. The number of carbonyl (C=O) groups excluding carboxylic acids is 1. The van der Waals surface area contributed by atoms with Crippen molar-refractivity contribution in [2.24, 2.45) is 4.99 Å². The number of aliphatic imine (C=N–C) groups is 1. The molecule has 0 amide bonds. The highest BCUT2D eigenvalue weighted by Gasteiger charge is 2.39. The lowest BCUT2D eigenvalue weighted by Gasteiger charge is -2.38. The fourth-order valence-corrected chi connectivity index (χ4v) is 6.39. The van der Waals surface area contributed by atoms with Crippen LogP contribution in [0.3, 0.4) is 0 Å². The summed E-state index contributed by atoms with van der Waals surface area (Å²) < 4.78 is 49.3. The first-order valence-corrected chi connectivity index (χ1v) is 14.3. The van der Waals surface area contributed by atoms with Crippen molar-refractivity contribution in [1.29, 1.82) is 0 Å². The number of sulfonamides is 1. The highest BCUT2D eigenvalue weighted by atomic mass is 32.2.